The molecule has 0 spiro atoms. The first kappa shape index (κ1) is 13.0. The van der Waals surface area contributed by atoms with E-state index in [1.807, 2.05) is 33.0 Å². The van der Waals surface area contributed by atoms with E-state index in [-0.39, 0.29) is 6.10 Å². The number of aryl methyl sites for hydroxylation is 1. The van der Waals surface area contributed by atoms with Crippen LogP contribution in [0.4, 0.5) is 0 Å². The second-order valence-corrected chi connectivity index (χ2v) is 4.64. The number of ether oxygens (including phenoxy) is 1. The van der Waals surface area contributed by atoms with Crippen molar-refractivity contribution < 1.29 is 4.74 Å². The monoisotopic (exact) mass is 222 g/mol. The Morgan fingerprint density at radius 1 is 1.31 bits per heavy atom. The summed E-state index contributed by atoms with van der Waals surface area (Å²) in [5.74, 6) is 0.940. The molecule has 0 amide bonds. The van der Waals surface area contributed by atoms with Gasteiger partial charge in [-0.2, -0.15) is 0 Å². The SMILES string of the molecule is Cc1cc(OC(C)C)c(CNC(C)C)cn1. The zero-order valence-electron chi connectivity index (χ0n) is 10.9. The highest BCUT2D eigenvalue weighted by Gasteiger charge is 2.07. The summed E-state index contributed by atoms with van der Waals surface area (Å²) in [6.45, 7) is 11.1. The average Bonchev–Trinajstić information content (AvgIpc) is 2.15. The molecule has 0 aliphatic heterocycles. The van der Waals surface area contributed by atoms with Crippen molar-refractivity contribution in [3.63, 3.8) is 0 Å². The van der Waals surface area contributed by atoms with E-state index in [1.165, 1.54) is 0 Å². The van der Waals surface area contributed by atoms with Crippen LogP contribution in [0.3, 0.4) is 0 Å². The lowest BCUT2D eigenvalue weighted by atomic mass is 10.2. The number of hydrogen-bond donors (Lipinski definition) is 1. The molecule has 0 saturated carbocycles. The number of nitrogens with zero attached hydrogens (tertiary/aromatic N) is 1. The van der Waals surface area contributed by atoms with Gasteiger partial charge < -0.3 is 10.1 Å². The predicted molar refractivity (Wildman–Crippen MR) is 66.7 cm³/mol. The van der Waals surface area contributed by atoms with E-state index >= 15 is 0 Å². The predicted octanol–water partition coefficient (Wildman–Crippen LogP) is 2.68. The molecule has 16 heavy (non-hydrogen) atoms. The summed E-state index contributed by atoms with van der Waals surface area (Å²) in [6, 6.07) is 2.46. The van der Waals surface area contributed by atoms with Crippen molar-refractivity contribution in [3.8, 4) is 5.75 Å². The molecule has 90 valence electrons. The molecule has 0 saturated heterocycles. The smallest absolute Gasteiger partial charge is 0.127 e. The van der Waals surface area contributed by atoms with E-state index in [4.69, 9.17) is 4.74 Å². The molecule has 1 heterocycles. The van der Waals surface area contributed by atoms with Gasteiger partial charge in [0, 0.05) is 36.1 Å². The standard InChI is InChI=1S/C13H22N2O/c1-9(2)14-7-12-8-15-11(5)6-13(12)16-10(3)4/h6,8-10,14H,7H2,1-5H3. The molecule has 1 aromatic heterocycles. The largest absolute Gasteiger partial charge is 0.491 e. The molecular weight excluding hydrogens is 200 g/mol. The van der Waals surface area contributed by atoms with Crippen molar-refractivity contribution in [2.24, 2.45) is 0 Å². The molecule has 1 rings (SSSR count). The van der Waals surface area contributed by atoms with Crippen molar-refractivity contribution in [3.05, 3.63) is 23.5 Å². The van der Waals surface area contributed by atoms with Gasteiger partial charge in [0.15, 0.2) is 0 Å². The van der Waals surface area contributed by atoms with Crippen LogP contribution in [-0.4, -0.2) is 17.1 Å². The maximum absolute atomic E-state index is 5.78. The molecule has 3 heteroatoms. The molecule has 1 N–H and O–H groups in total. The van der Waals surface area contributed by atoms with Crippen molar-refractivity contribution in [1.82, 2.24) is 10.3 Å². The molecule has 0 aliphatic carbocycles. The molecule has 0 radical (unpaired) electrons. The quantitative estimate of drug-likeness (QED) is 0.831. The van der Waals surface area contributed by atoms with E-state index in [0.29, 0.717) is 6.04 Å². The lowest BCUT2D eigenvalue weighted by Crippen LogP contribution is -2.22. The zero-order valence-corrected chi connectivity index (χ0v) is 10.9. The molecule has 0 aliphatic rings. The highest BCUT2D eigenvalue weighted by molar-refractivity contribution is 5.33. The third-order valence-corrected chi connectivity index (χ3v) is 2.14. The Morgan fingerprint density at radius 2 is 2.00 bits per heavy atom. The van der Waals surface area contributed by atoms with Crippen molar-refractivity contribution in [1.29, 1.82) is 0 Å². The van der Waals surface area contributed by atoms with Gasteiger partial charge in [0.25, 0.3) is 0 Å². The normalized spacial score (nSPS) is 11.2. The van der Waals surface area contributed by atoms with E-state index in [9.17, 15) is 0 Å². The number of pyridine rings is 1. The van der Waals surface area contributed by atoms with Crippen molar-refractivity contribution in [2.75, 3.05) is 0 Å². The average molecular weight is 222 g/mol. The van der Waals surface area contributed by atoms with Crippen LogP contribution in [-0.2, 0) is 6.54 Å². The highest BCUT2D eigenvalue weighted by Crippen LogP contribution is 2.19. The minimum absolute atomic E-state index is 0.194. The van der Waals surface area contributed by atoms with Crippen LogP contribution in [0, 0.1) is 6.92 Å². The number of rotatable bonds is 5. The van der Waals surface area contributed by atoms with Crippen LogP contribution in [0.2, 0.25) is 0 Å². The molecule has 1 aromatic rings. The summed E-state index contributed by atoms with van der Waals surface area (Å²) in [6.07, 6.45) is 2.09. The van der Waals surface area contributed by atoms with Gasteiger partial charge in [-0.15, -0.1) is 0 Å². The Hall–Kier alpha value is -1.09. The van der Waals surface area contributed by atoms with Gasteiger partial charge in [0.2, 0.25) is 0 Å². The first-order chi connectivity index (χ1) is 7.49. The lowest BCUT2D eigenvalue weighted by molar-refractivity contribution is 0.239. The maximum atomic E-state index is 5.78. The van der Waals surface area contributed by atoms with Gasteiger partial charge in [-0.3, -0.25) is 4.98 Å². The minimum Gasteiger partial charge on any atom is -0.491 e. The van der Waals surface area contributed by atoms with Crippen LogP contribution in [0.25, 0.3) is 0 Å². The third-order valence-electron chi connectivity index (χ3n) is 2.14. The second kappa shape index (κ2) is 5.85. The number of hydrogen-bond acceptors (Lipinski definition) is 3. The first-order valence-electron chi connectivity index (χ1n) is 5.84. The summed E-state index contributed by atoms with van der Waals surface area (Å²) in [5, 5.41) is 3.37. The maximum Gasteiger partial charge on any atom is 0.127 e. The fraction of sp³-hybridized carbons (Fsp3) is 0.615. The molecular formula is C13H22N2O. The Bertz CT molecular complexity index is 335. The third kappa shape index (κ3) is 4.19. The fourth-order valence-corrected chi connectivity index (χ4v) is 1.37. The van der Waals surface area contributed by atoms with Crippen LogP contribution in [0.1, 0.15) is 39.0 Å². The Labute approximate surface area is 98.2 Å². The summed E-state index contributed by atoms with van der Waals surface area (Å²) in [7, 11) is 0. The highest BCUT2D eigenvalue weighted by atomic mass is 16.5. The molecule has 0 atom stereocenters. The molecule has 3 nitrogen and oxygen atoms in total. The van der Waals surface area contributed by atoms with E-state index in [1.54, 1.807) is 0 Å². The van der Waals surface area contributed by atoms with Gasteiger partial charge >= 0.3 is 0 Å². The summed E-state index contributed by atoms with van der Waals surface area (Å²) in [5.41, 5.74) is 2.11. The fourth-order valence-electron chi connectivity index (χ4n) is 1.37. The molecule has 0 fully saturated rings. The Kier molecular flexibility index (Phi) is 4.74. The van der Waals surface area contributed by atoms with Gasteiger partial charge in [0.1, 0.15) is 5.75 Å². The van der Waals surface area contributed by atoms with Crippen LogP contribution in [0.5, 0.6) is 5.75 Å². The lowest BCUT2D eigenvalue weighted by Gasteiger charge is -2.16. The molecule has 0 unspecified atom stereocenters. The van der Waals surface area contributed by atoms with Gasteiger partial charge in [0.05, 0.1) is 6.10 Å². The van der Waals surface area contributed by atoms with Crippen LogP contribution < -0.4 is 10.1 Å². The summed E-state index contributed by atoms with van der Waals surface area (Å²) in [4.78, 5) is 4.31. The van der Waals surface area contributed by atoms with Crippen LogP contribution in [0.15, 0.2) is 12.3 Å². The Balaban J connectivity index is 2.80. The number of aromatic nitrogens is 1. The summed E-state index contributed by atoms with van der Waals surface area (Å²) < 4.78 is 5.78. The van der Waals surface area contributed by atoms with Gasteiger partial charge in [-0.1, -0.05) is 13.8 Å². The topological polar surface area (TPSA) is 34.1 Å². The number of nitrogens with one attached hydrogen (secondary N) is 1. The second-order valence-electron chi connectivity index (χ2n) is 4.64. The van der Waals surface area contributed by atoms with E-state index in [2.05, 4.69) is 24.1 Å². The first-order valence-corrected chi connectivity index (χ1v) is 5.84. The summed E-state index contributed by atoms with van der Waals surface area (Å²) >= 11 is 0. The van der Waals surface area contributed by atoms with Gasteiger partial charge in [-0.25, -0.2) is 0 Å². The molecule has 0 aromatic carbocycles. The molecule has 0 bridgehead atoms. The van der Waals surface area contributed by atoms with E-state index < -0.39 is 0 Å². The van der Waals surface area contributed by atoms with Crippen molar-refractivity contribution in [2.45, 2.75) is 53.3 Å². The Morgan fingerprint density at radius 3 is 2.56 bits per heavy atom. The van der Waals surface area contributed by atoms with Crippen molar-refractivity contribution >= 4 is 0 Å². The zero-order chi connectivity index (χ0) is 12.1. The minimum atomic E-state index is 0.194. The van der Waals surface area contributed by atoms with Crippen LogP contribution >= 0.6 is 0 Å². The van der Waals surface area contributed by atoms with Gasteiger partial charge in [-0.05, 0) is 20.8 Å². The van der Waals surface area contributed by atoms with E-state index in [0.717, 1.165) is 23.6 Å².